The molecule has 2 saturated heterocycles. The number of benzene rings is 2. The molecule has 3 aliphatic rings. The number of carbonyl (C=O) groups is 5. The number of aliphatic hydroxyl groups excluding tert-OH is 1. The highest BCUT2D eigenvalue weighted by atomic mass is 19.1. The van der Waals surface area contributed by atoms with Gasteiger partial charge < -0.3 is 40.3 Å². The zero-order chi connectivity index (χ0) is 34.4. The van der Waals surface area contributed by atoms with E-state index in [1.165, 1.54) is 37.1 Å². The lowest BCUT2D eigenvalue weighted by molar-refractivity contribution is -0.142. The van der Waals surface area contributed by atoms with E-state index in [1.54, 1.807) is 23.1 Å². The number of carbonyl (C=O) groups excluding carboxylic acids is 5. The minimum Gasteiger partial charge on any atom is -0.493 e. The van der Waals surface area contributed by atoms with Crippen LogP contribution in [0.25, 0.3) is 0 Å². The van der Waals surface area contributed by atoms with Gasteiger partial charge in [-0.05, 0) is 74.3 Å². The Morgan fingerprint density at radius 1 is 1.06 bits per heavy atom. The summed E-state index contributed by atoms with van der Waals surface area (Å²) in [7, 11) is 1.31. The van der Waals surface area contributed by atoms with Crippen molar-refractivity contribution in [3.63, 3.8) is 0 Å². The fourth-order valence-electron chi connectivity index (χ4n) is 6.74. The molecule has 2 bridgehead atoms. The van der Waals surface area contributed by atoms with Crippen LogP contribution < -0.4 is 25.4 Å². The Hall–Kier alpha value is -4.72. The Morgan fingerprint density at radius 3 is 2.54 bits per heavy atom. The van der Waals surface area contributed by atoms with Crippen LogP contribution in [0, 0.1) is 11.2 Å². The molecule has 0 saturated carbocycles. The minimum absolute atomic E-state index is 0.120. The number of piperidine rings is 1. The van der Waals surface area contributed by atoms with Gasteiger partial charge in [0.25, 0.3) is 11.8 Å². The number of aliphatic hydroxyl groups is 1. The number of hydrogen-bond acceptors (Lipinski definition) is 8. The Labute approximate surface area is 278 Å². The second-order valence-electron chi connectivity index (χ2n) is 12.7. The van der Waals surface area contributed by atoms with E-state index in [-0.39, 0.29) is 30.4 Å². The Balaban J connectivity index is 1.39. The van der Waals surface area contributed by atoms with Crippen molar-refractivity contribution in [3.05, 3.63) is 59.4 Å². The van der Waals surface area contributed by atoms with Crippen molar-refractivity contribution in [1.82, 2.24) is 25.8 Å². The number of rotatable bonds is 3. The van der Waals surface area contributed by atoms with Crippen molar-refractivity contribution >= 4 is 29.5 Å². The van der Waals surface area contributed by atoms with Crippen LogP contribution in [-0.2, 0) is 25.6 Å². The lowest BCUT2D eigenvalue weighted by atomic mass is 9.73. The number of para-hydroxylation sites is 1. The van der Waals surface area contributed by atoms with Gasteiger partial charge in [-0.2, -0.15) is 0 Å². The number of likely N-dealkylation sites (tertiary alicyclic amines) is 1. The van der Waals surface area contributed by atoms with Crippen molar-refractivity contribution in [2.75, 3.05) is 46.5 Å². The van der Waals surface area contributed by atoms with Crippen LogP contribution in [0.2, 0.25) is 0 Å². The van der Waals surface area contributed by atoms with Gasteiger partial charge in [0, 0.05) is 26.2 Å². The summed E-state index contributed by atoms with van der Waals surface area (Å²) in [5.74, 6) is -2.77. The lowest BCUT2D eigenvalue weighted by Crippen LogP contribution is -2.57. The Morgan fingerprint density at radius 2 is 1.81 bits per heavy atom. The van der Waals surface area contributed by atoms with E-state index < -0.39 is 59.6 Å². The zero-order valence-corrected chi connectivity index (χ0v) is 27.1. The maximum atomic E-state index is 14.4. The summed E-state index contributed by atoms with van der Waals surface area (Å²) >= 11 is 0. The van der Waals surface area contributed by atoms with Gasteiger partial charge in [0.2, 0.25) is 17.7 Å². The van der Waals surface area contributed by atoms with Gasteiger partial charge in [0.05, 0.1) is 19.3 Å². The molecule has 258 valence electrons. The number of amides is 5. The van der Waals surface area contributed by atoms with Crippen molar-refractivity contribution in [2.24, 2.45) is 5.41 Å². The van der Waals surface area contributed by atoms with E-state index in [2.05, 4.69) is 16.0 Å². The van der Waals surface area contributed by atoms with Crippen molar-refractivity contribution in [3.8, 4) is 11.5 Å². The lowest BCUT2D eigenvalue weighted by Gasteiger charge is -2.42. The number of nitrogens with one attached hydrogen (secondary N) is 3. The summed E-state index contributed by atoms with van der Waals surface area (Å²) in [5, 5.41) is 18.2. The third kappa shape index (κ3) is 7.70. The van der Waals surface area contributed by atoms with Gasteiger partial charge in [-0.15, -0.1) is 0 Å². The van der Waals surface area contributed by atoms with E-state index in [0.717, 1.165) is 5.56 Å². The van der Waals surface area contributed by atoms with E-state index in [1.807, 2.05) is 6.07 Å². The second kappa shape index (κ2) is 15.0. The molecule has 0 aliphatic carbocycles. The quantitative estimate of drug-likeness (QED) is 0.373. The predicted molar refractivity (Wildman–Crippen MR) is 171 cm³/mol. The van der Waals surface area contributed by atoms with Gasteiger partial charge in [-0.25, -0.2) is 4.39 Å². The molecule has 1 spiro atoms. The maximum absolute atomic E-state index is 14.4. The molecule has 0 unspecified atom stereocenters. The fraction of sp³-hybridized carbons (Fsp3) is 0.500. The first-order valence-electron chi connectivity index (χ1n) is 16.2. The van der Waals surface area contributed by atoms with Crippen molar-refractivity contribution in [2.45, 2.75) is 57.2 Å². The number of halogens is 1. The molecule has 3 aliphatic heterocycles. The number of methoxy groups -OCH3 is 1. The minimum atomic E-state index is -1.26. The van der Waals surface area contributed by atoms with Gasteiger partial charge in [-0.3, -0.25) is 24.0 Å². The van der Waals surface area contributed by atoms with Crippen molar-refractivity contribution in [1.29, 1.82) is 0 Å². The van der Waals surface area contributed by atoms with Crippen LogP contribution in [0.3, 0.4) is 0 Å². The summed E-state index contributed by atoms with van der Waals surface area (Å²) in [6.45, 7) is 1.66. The highest BCUT2D eigenvalue weighted by Crippen LogP contribution is 2.37. The smallest absolute Gasteiger partial charge is 0.258 e. The topological polar surface area (TPSA) is 167 Å². The van der Waals surface area contributed by atoms with Crippen LogP contribution >= 0.6 is 0 Å². The molecule has 3 atom stereocenters. The Bertz CT molecular complexity index is 1550. The van der Waals surface area contributed by atoms with Crippen LogP contribution in [0.5, 0.6) is 11.5 Å². The van der Waals surface area contributed by atoms with E-state index in [4.69, 9.17) is 9.47 Å². The summed E-state index contributed by atoms with van der Waals surface area (Å²) in [4.78, 5) is 69.0. The second-order valence-corrected chi connectivity index (χ2v) is 12.7. The third-order valence-corrected chi connectivity index (χ3v) is 9.40. The summed E-state index contributed by atoms with van der Waals surface area (Å²) in [5.41, 5.74) is 0.434. The van der Waals surface area contributed by atoms with Crippen LogP contribution in [0.1, 0.15) is 48.5 Å². The average molecular weight is 668 g/mol. The van der Waals surface area contributed by atoms with Gasteiger partial charge in [0.15, 0.2) is 18.2 Å². The number of nitrogens with zero attached hydrogens (tertiary/aromatic N) is 2. The monoisotopic (exact) mass is 667 g/mol. The summed E-state index contributed by atoms with van der Waals surface area (Å²) < 4.78 is 25.3. The molecule has 2 fully saturated rings. The molecule has 2 aromatic rings. The van der Waals surface area contributed by atoms with Gasteiger partial charge >= 0.3 is 0 Å². The first-order valence-corrected chi connectivity index (χ1v) is 16.2. The van der Waals surface area contributed by atoms with Gasteiger partial charge in [0.1, 0.15) is 23.9 Å². The first kappa shape index (κ1) is 34.6. The molecular formula is C34H42FN5O8. The molecule has 5 amide bonds. The normalized spacial score (nSPS) is 23.9. The van der Waals surface area contributed by atoms with E-state index >= 15 is 0 Å². The fourth-order valence-corrected chi connectivity index (χ4v) is 6.74. The molecule has 0 aromatic heterocycles. The molecule has 14 heteroatoms. The highest BCUT2D eigenvalue weighted by Gasteiger charge is 2.40. The number of fused-ring (bicyclic) bond motifs is 3. The number of hydrogen-bond donors (Lipinski definition) is 4. The molecule has 3 heterocycles. The average Bonchev–Trinajstić information content (AvgIpc) is 3.58. The predicted octanol–water partition coefficient (Wildman–Crippen LogP) is 0.781. The molecule has 13 nitrogen and oxygen atoms in total. The molecule has 4 N–H and O–H groups in total. The van der Waals surface area contributed by atoms with Crippen LogP contribution in [0.15, 0.2) is 42.5 Å². The zero-order valence-electron chi connectivity index (χ0n) is 27.1. The van der Waals surface area contributed by atoms with Crippen molar-refractivity contribution < 1.29 is 42.9 Å². The molecular weight excluding hydrogens is 625 g/mol. The largest absolute Gasteiger partial charge is 0.493 e. The van der Waals surface area contributed by atoms with Crippen LogP contribution in [-0.4, -0.2) is 109 Å². The molecule has 0 radical (unpaired) electrons. The third-order valence-electron chi connectivity index (χ3n) is 9.40. The standard InChI is InChI=1S/C34H42FN5O8/c1-21-32(45)40-13-5-10-27(40)31(44)38-26(18-41)30(43)36-20-34(17-22-6-3-7-23(16-22)48-19-28(42)37-21)11-14-39(15-12-34)33(46)24-8-4-9-25(35)29(24)47-2/h3-4,6-9,16,21,26-27,41H,5,10-15,17-20H2,1-2H3,(H,36,43)(H,37,42)(H,38,44)/t21-,26-,27-/m0/s1. The SMILES string of the molecule is COc1c(F)cccc1C(=O)N1CCC2(CC1)CNC(=O)[C@H](CO)NC(=O)[C@@H]1CCCN1C(=O)[C@H](C)NC(=O)COc1cccc(c1)C2. The maximum Gasteiger partial charge on any atom is 0.258 e. The number of ether oxygens (including phenoxy) is 2. The molecule has 2 aromatic carbocycles. The summed E-state index contributed by atoms with van der Waals surface area (Å²) in [6, 6.07) is 8.38. The summed E-state index contributed by atoms with van der Waals surface area (Å²) in [6.07, 6.45) is 2.35. The van der Waals surface area contributed by atoms with Gasteiger partial charge in [-0.1, -0.05) is 18.2 Å². The molecule has 48 heavy (non-hydrogen) atoms. The first-order chi connectivity index (χ1) is 23.0. The highest BCUT2D eigenvalue weighted by molar-refractivity contribution is 5.97. The van der Waals surface area contributed by atoms with Crippen LogP contribution in [0.4, 0.5) is 4.39 Å². The van der Waals surface area contributed by atoms with E-state index in [9.17, 15) is 33.5 Å². The van der Waals surface area contributed by atoms with E-state index in [0.29, 0.717) is 57.5 Å². The Kier molecular flexibility index (Phi) is 10.8. The molecule has 5 rings (SSSR count).